The molecular formula is C89H106N12O26. The molecule has 0 radical (unpaired) electrons. The second-order valence-corrected chi connectivity index (χ2v) is 31.6. The van der Waals surface area contributed by atoms with E-state index in [-0.39, 0.29) is 192 Å². The highest BCUT2D eigenvalue weighted by molar-refractivity contribution is 5.93. The molecule has 6 saturated heterocycles. The summed E-state index contributed by atoms with van der Waals surface area (Å²) >= 11 is 0. The van der Waals surface area contributed by atoms with Crippen LogP contribution in [0.5, 0.6) is 51.7 Å². The minimum Gasteiger partial charge on any atom is -0.447 e. The van der Waals surface area contributed by atoms with Crippen molar-refractivity contribution in [1.82, 2.24) is 59.6 Å². The number of hydrogen-bond acceptors (Lipinski definition) is 28. The minimum absolute atomic E-state index is 0.0196. The van der Waals surface area contributed by atoms with Gasteiger partial charge in [0.15, 0.2) is 0 Å². The molecular weight excluding hydrogens is 1650 g/mol. The molecule has 6 aromatic carbocycles. The molecule has 8 unspecified atom stereocenters. The summed E-state index contributed by atoms with van der Waals surface area (Å²) in [6.07, 6.45) is -4.61. The standard InChI is InChI=1S/C89H106N12O26/c1-57-51-98(86(111)126-75-29-23-69(24-30-75)120-79(104)65-9-15-71(16-10-65)122-82(107)92-39-35-90-36-40-92)59(3)49-94(57)77(102)33-43-115-46-48-118-85(110)97-54-64(8)101(56-62(97)6)89(114)125-73-19-13-67(14-20-73)81(106)121-70-25-31-76(32-26-70)127-87(112)99-52-58(2)95(50-60(99)4)78(103)34-44-116-45-47-117-84(109)96-53-63(7)100(55-61(96)5)88(113)124-72-17-11-66(12-18-72)80(105)119-68-21-27-74(28-22-68)123-83(108)93-41-37-91-38-42-93/h9-32,57-64,90-91H,33-56H2,1-8H3. The SMILES string of the molecule is CC1CN(C(=O)Oc2ccc(OC(=O)c3ccc(OC(=O)N4CC(C)N(C(=O)OCCOCCC(=O)N5CC(C)N(C(=O)Oc6ccc(OC(=O)c7ccc(OC(=O)N8CCNCC8)cc7)cc6)CC5C)CC4C)cc3)cc2)C(C)CN1C(=O)CCOCCOC(=O)N1CC(C)N(C(=O)Oc2ccc(C(=O)Oc3ccc(OC(=O)N4CCNCC4)cc3)cc2)CC1C. The number of ether oxygens (including phenoxy) is 13. The van der Waals surface area contributed by atoms with Gasteiger partial charge in [-0.2, -0.15) is 0 Å². The first kappa shape index (κ1) is 92.8. The first-order valence-electron chi connectivity index (χ1n) is 42.2. The van der Waals surface area contributed by atoms with Crippen LogP contribution in [0.2, 0.25) is 0 Å². The van der Waals surface area contributed by atoms with Gasteiger partial charge in [0.2, 0.25) is 11.8 Å². The number of esters is 3. The molecule has 6 aliphatic heterocycles. The van der Waals surface area contributed by atoms with Crippen molar-refractivity contribution >= 4 is 78.5 Å². The summed E-state index contributed by atoms with van der Waals surface area (Å²) < 4.78 is 72.5. The van der Waals surface area contributed by atoms with Crippen LogP contribution in [-0.2, 0) is 28.5 Å². The van der Waals surface area contributed by atoms with Crippen molar-refractivity contribution in [3.8, 4) is 51.7 Å². The van der Waals surface area contributed by atoms with Crippen LogP contribution in [0.4, 0.5) is 38.4 Å². The van der Waals surface area contributed by atoms with Crippen molar-refractivity contribution in [2.75, 3.05) is 144 Å². The highest BCUT2D eigenvalue weighted by Crippen LogP contribution is 2.30. The number of carbonyl (C=O) groups excluding carboxylic acids is 13. The van der Waals surface area contributed by atoms with Crippen LogP contribution in [-0.4, -0.2) is 320 Å². The molecule has 12 rings (SSSR count). The summed E-state index contributed by atoms with van der Waals surface area (Å²) in [5, 5.41) is 6.35. The average Bonchev–Trinajstić information content (AvgIpc) is 0.821. The fourth-order valence-electron chi connectivity index (χ4n) is 14.9. The molecule has 0 aromatic heterocycles. The Morgan fingerprint density at radius 1 is 0.244 bits per heavy atom. The van der Waals surface area contributed by atoms with Crippen LogP contribution >= 0.6 is 0 Å². The van der Waals surface area contributed by atoms with Crippen molar-refractivity contribution in [3.63, 3.8) is 0 Å². The van der Waals surface area contributed by atoms with E-state index in [1.165, 1.54) is 170 Å². The maximum absolute atomic E-state index is 13.5. The van der Waals surface area contributed by atoms with Gasteiger partial charge < -0.3 is 121 Å². The Morgan fingerprint density at radius 2 is 0.441 bits per heavy atom. The van der Waals surface area contributed by atoms with Crippen LogP contribution in [0.3, 0.4) is 0 Å². The Kier molecular flexibility index (Phi) is 32.2. The lowest BCUT2D eigenvalue weighted by Crippen LogP contribution is -2.60. The van der Waals surface area contributed by atoms with Crippen molar-refractivity contribution in [2.45, 2.75) is 117 Å². The van der Waals surface area contributed by atoms with Gasteiger partial charge in [-0.1, -0.05) is 0 Å². The van der Waals surface area contributed by atoms with Gasteiger partial charge in [-0.15, -0.1) is 0 Å². The average molecular weight is 1760 g/mol. The first-order chi connectivity index (χ1) is 61.1. The topological polar surface area (TPSA) is 398 Å². The fraction of sp³-hybridized carbons (Fsp3) is 0.449. The molecule has 8 atom stereocenters. The highest BCUT2D eigenvalue weighted by atomic mass is 16.6. The number of amides is 10. The third-order valence-electron chi connectivity index (χ3n) is 22.2. The van der Waals surface area contributed by atoms with E-state index in [2.05, 4.69) is 10.6 Å². The van der Waals surface area contributed by atoms with Crippen LogP contribution in [0.25, 0.3) is 0 Å². The predicted molar refractivity (Wildman–Crippen MR) is 451 cm³/mol. The van der Waals surface area contributed by atoms with Gasteiger partial charge in [0.25, 0.3) is 0 Å². The number of hydrogen-bond donors (Lipinski definition) is 2. The maximum Gasteiger partial charge on any atom is 0.415 e. The van der Waals surface area contributed by atoms with Crippen molar-refractivity contribution in [1.29, 1.82) is 0 Å². The molecule has 0 aliphatic carbocycles. The fourth-order valence-corrected chi connectivity index (χ4v) is 14.9. The molecule has 6 fully saturated rings. The van der Waals surface area contributed by atoms with E-state index in [1.54, 1.807) is 59.1 Å². The van der Waals surface area contributed by atoms with Gasteiger partial charge in [0.05, 0.1) is 80.1 Å². The number of nitrogens with zero attached hydrogens (tertiary/aromatic N) is 10. The first-order valence-corrected chi connectivity index (χ1v) is 42.2. The van der Waals surface area contributed by atoms with E-state index in [4.69, 9.17) is 61.6 Å². The Labute approximate surface area is 733 Å². The van der Waals surface area contributed by atoms with Gasteiger partial charge in [0, 0.05) is 129 Å². The molecule has 6 heterocycles. The smallest absolute Gasteiger partial charge is 0.415 e. The van der Waals surface area contributed by atoms with E-state index >= 15 is 0 Å². The largest absolute Gasteiger partial charge is 0.447 e. The lowest BCUT2D eigenvalue weighted by molar-refractivity contribution is -0.138. The highest BCUT2D eigenvalue weighted by Gasteiger charge is 2.41. The molecule has 38 heteroatoms. The van der Waals surface area contributed by atoms with E-state index in [9.17, 15) is 62.3 Å². The zero-order valence-electron chi connectivity index (χ0n) is 72.0. The molecule has 2 N–H and O–H groups in total. The lowest BCUT2D eigenvalue weighted by Gasteiger charge is -2.43. The zero-order chi connectivity index (χ0) is 90.4. The van der Waals surface area contributed by atoms with Crippen molar-refractivity contribution in [2.24, 2.45) is 0 Å². The summed E-state index contributed by atoms with van der Waals surface area (Å²) in [7, 11) is 0. The van der Waals surface area contributed by atoms with Gasteiger partial charge in [-0.05, 0) is 201 Å². The van der Waals surface area contributed by atoms with Gasteiger partial charge in [0.1, 0.15) is 65.0 Å². The molecule has 0 spiro atoms. The molecule has 0 saturated carbocycles. The lowest BCUT2D eigenvalue weighted by atomic mass is 10.1. The molecule has 38 nitrogen and oxygen atoms in total. The second kappa shape index (κ2) is 44.0. The molecule has 0 bridgehead atoms. The second-order valence-electron chi connectivity index (χ2n) is 31.6. The quantitative estimate of drug-likeness (QED) is 0.0323. The normalized spacial score (nSPS) is 20.1. The summed E-state index contributed by atoms with van der Waals surface area (Å²) in [5.41, 5.74) is 0.581. The van der Waals surface area contributed by atoms with Crippen LogP contribution in [0.1, 0.15) is 99.3 Å². The molecule has 127 heavy (non-hydrogen) atoms. The molecule has 6 aliphatic rings. The summed E-state index contributed by atoms with van der Waals surface area (Å²) in [6, 6.07) is 32.2. The summed E-state index contributed by atoms with van der Waals surface area (Å²) in [5.74, 6) is -0.449. The number of piperazine rings is 6. The third-order valence-corrected chi connectivity index (χ3v) is 22.2. The van der Waals surface area contributed by atoms with E-state index in [0.29, 0.717) is 63.9 Å². The monoisotopic (exact) mass is 1760 g/mol. The van der Waals surface area contributed by atoms with E-state index in [0.717, 1.165) is 0 Å². The van der Waals surface area contributed by atoms with Gasteiger partial charge in [-0.3, -0.25) is 9.59 Å². The Morgan fingerprint density at radius 3 is 0.685 bits per heavy atom. The van der Waals surface area contributed by atoms with Gasteiger partial charge >= 0.3 is 66.7 Å². The van der Waals surface area contributed by atoms with E-state index in [1.807, 2.05) is 20.8 Å². The van der Waals surface area contributed by atoms with Crippen molar-refractivity contribution in [3.05, 3.63) is 162 Å². The Balaban J connectivity index is 0.475. The van der Waals surface area contributed by atoms with Crippen LogP contribution in [0.15, 0.2) is 146 Å². The molecule has 678 valence electrons. The minimum atomic E-state index is -0.715. The van der Waals surface area contributed by atoms with Crippen LogP contribution in [0, 0.1) is 0 Å². The maximum atomic E-state index is 13.5. The Bertz CT molecular complexity index is 4850. The zero-order valence-corrected chi connectivity index (χ0v) is 72.0. The van der Waals surface area contributed by atoms with Gasteiger partial charge in [-0.25, -0.2) is 52.7 Å². The number of carbonyl (C=O) groups is 13. The summed E-state index contributed by atoms with van der Waals surface area (Å²) in [6.45, 7) is 20.6. The van der Waals surface area contributed by atoms with Crippen molar-refractivity contribution < 1.29 is 124 Å². The molecule has 10 amide bonds. The number of nitrogens with one attached hydrogen (secondary N) is 2. The molecule has 6 aromatic rings. The third kappa shape index (κ3) is 25.5. The van der Waals surface area contributed by atoms with Crippen LogP contribution < -0.4 is 53.3 Å². The van der Waals surface area contributed by atoms with E-state index < -0.39 is 96.9 Å². The summed E-state index contributed by atoms with van der Waals surface area (Å²) in [4.78, 5) is 187. The number of rotatable bonds is 24. The number of benzene rings is 6. The Hall–Kier alpha value is -13.3. The predicted octanol–water partition coefficient (Wildman–Crippen LogP) is 9.27.